The molecule has 94 valence electrons. The topological polar surface area (TPSA) is 29.1 Å². The molecule has 1 aliphatic rings. The lowest BCUT2D eigenvalue weighted by molar-refractivity contribution is 0.609. The number of rotatable bonds is 5. The fraction of sp³-hybridized carbons (Fsp3) is 0.538. The maximum absolute atomic E-state index is 11.2. The molecule has 1 aliphatic heterocycles. The first-order valence-corrected chi connectivity index (χ1v) is 8.54. The summed E-state index contributed by atoms with van der Waals surface area (Å²) in [5.74, 6) is 1.77. The summed E-state index contributed by atoms with van der Waals surface area (Å²) >= 11 is 1.94. The molecule has 0 spiro atoms. The zero-order valence-electron chi connectivity index (χ0n) is 10.3. The van der Waals surface area contributed by atoms with E-state index in [1.165, 1.54) is 10.5 Å². The highest BCUT2D eigenvalue weighted by molar-refractivity contribution is 7.99. The van der Waals surface area contributed by atoms with Crippen molar-refractivity contribution in [3.05, 3.63) is 29.8 Å². The fourth-order valence-electron chi connectivity index (χ4n) is 1.98. The Morgan fingerprint density at radius 1 is 1.53 bits per heavy atom. The Hall–Kier alpha value is -0.320. The third-order valence-electron chi connectivity index (χ3n) is 3.19. The Morgan fingerprint density at radius 3 is 3.06 bits per heavy atom. The van der Waals surface area contributed by atoms with E-state index < -0.39 is 10.8 Å². The molecule has 17 heavy (non-hydrogen) atoms. The Labute approximate surface area is 110 Å². The van der Waals surface area contributed by atoms with Crippen LogP contribution in [-0.2, 0) is 10.8 Å². The van der Waals surface area contributed by atoms with Crippen LogP contribution < -0.4 is 5.32 Å². The minimum absolute atomic E-state index is 0.235. The Morgan fingerprint density at radius 2 is 2.29 bits per heavy atom. The summed E-state index contributed by atoms with van der Waals surface area (Å²) in [6, 6.07) is 8.64. The van der Waals surface area contributed by atoms with Gasteiger partial charge in [0.1, 0.15) is 0 Å². The molecule has 0 amide bonds. The van der Waals surface area contributed by atoms with Crippen LogP contribution in [0.1, 0.15) is 18.4 Å². The standard InChI is InChI=1S/C13H19NOS2/c1-10(17(2)15)7-14-8-11-9-16-13-6-4-3-5-12(11)13/h3-6,10-11,14H,7-9H2,1-2H3. The molecule has 4 heteroatoms. The first kappa shape index (κ1) is 13.1. The number of nitrogens with one attached hydrogen (secondary N) is 1. The Kier molecular flexibility index (Phi) is 4.65. The SMILES string of the molecule is CC(CNCC1CSc2ccccc21)S(C)=O. The van der Waals surface area contributed by atoms with Crippen molar-refractivity contribution in [3.8, 4) is 0 Å². The van der Waals surface area contributed by atoms with E-state index in [2.05, 4.69) is 29.6 Å². The molecule has 0 aliphatic carbocycles. The van der Waals surface area contributed by atoms with Gasteiger partial charge in [0.2, 0.25) is 0 Å². The maximum atomic E-state index is 11.2. The molecule has 0 radical (unpaired) electrons. The summed E-state index contributed by atoms with van der Waals surface area (Å²) in [7, 11) is -0.726. The Bertz CT molecular complexity index is 408. The van der Waals surface area contributed by atoms with Crippen molar-refractivity contribution in [2.75, 3.05) is 25.1 Å². The molecule has 2 nitrogen and oxygen atoms in total. The lowest BCUT2D eigenvalue weighted by Crippen LogP contribution is -2.30. The van der Waals surface area contributed by atoms with Crippen LogP contribution in [0.2, 0.25) is 0 Å². The van der Waals surface area contributed by atoms with E-state index in [9.17, 15) is 4.21 Å². The monoisotopic (exact) mass is 269 g/mol. The molecule has 1 heterocycles. The van der Waals surface area contributed by atoms with Gasteiger partial charge in [0.05, 0.1) is 0 Å². The van der Waals surface area contributed by atoms with Gasteiger partial charge in [-0.15, -0.1) is 11.8 Å². The van der Waals surface area contributed by atoms with Crippen LogP contribution in [0.3, 0.4) is 0 Å². The van der Waals surface area contributed by atoms with E-state index in [1.54, 1.807) is 6.26 Å². The minimum atomic E-state index is -0.726. The number of hydrogen-bond donors (Lipinski definition) is 1. The summed E-state index contributed by atoms with van der Waals surface area (Å²) in [4.78, 5) is 1.42. The summed E-state index contributed by atoms with van der Waals surface area (Å²) in [6.45, 7) is 3.86. The molecular formula is C13H19NOS2. The molecule has 0 bridgehead atoms. The third kappa shape index (κ3) is 3.33. The van der Waals surface area contributed by atoms with Gasteiger partial charge in [0.15, 0.2) is 0 Å². The van der Waals surface area contributed by atoms with Crippen molar-refractivity contribution >= 4 is 22.6 Å². The second-order valence-corrected chi connectivity index (χ2v) is 7.38. The number of thioether (sulfide) groups is 1. The van der Waals surface area contributed by atoms with E-state index in [4.69, 9.17) is 0 Å². The second-order valence-electron chi connectivity index (χ2n) is 4.51. The van der Waals surface area contributed by atoms with Gasteiger partial charge in [-0.2, -0.15) is 0 Å². The van der Waals surface area contributed by atoms with Crippen molar-refractivity contribution in [1.29, 1.82) is 0 Å². The number of fused-ring (bicyclic) bond motifs is 1. The molecule has 1 aromatic carbocycles. The molecule has 0 saturated heterocycles. The van der Waals surface area contributed by atoms with Gasteiger partial charge in [-0.1, -0.05) is 18.2 Å². The quantitative estimate of drug-likeness (QED) is 0.889. The largest absolute Gasteiger partial charge is 0.315 e. The Balaban J connectivity index is 1.84. The predicted octanol–water partition coefficient (Wildman–Crippen LogP) is 2.23. The highest BCUT2D eigenvalue weighted by Crippen LogP contribution is 2.38. The van der Waals surface area contributed by atoms with Gasteiger partial charge in [0, 0.05) is 52.0 Å². The van der Waals surface area contributed by atoms with Crippen molar-refractivity contribution in [1.82, 2.24) is 5.32 Å². The number of benzene rings is 1. The van der Waals surface area contributed by atoms with Gasteiger partial charge in [-0.05, 0) is 18.6 Å². The smallest absolute Gasteiger partial charge is 0.0441 e. The number of hydrogen-bond acceptors (Lipinski definition) is 3. The lowest BCUT2D eigenvalue weighted by atomic mass is 10.0. The second kappa shape index (κ2) is 6.03. The zero-order chi connectivity index (χ0) is 12.3. The van der Waals surface area contributed by atoms with E-state index >= 15 is 0 Å². The zero-order valence-corrected chi connectivity index (χ0v) is 11.9. The third-order valence-corrected chi connectivity index (χ3v) is 5.74. The van der Waals surface area contributed by atoms with Crippen LogP contribution in [0.25, 0.3) is 0 Å². The van der Waals surface area contributed by atoms with Crippen LogP contribution in [0.4, 0.5) is 0 Å². The van der Waals surface area contributed by atoms with Crippen molar-refractivity contribution < 1.29 is 4.21 Å². The molecule has 3 atom stereocenters. The molecule has 1 aromatic rings. The average molecular weight is 269 g/mol. The molecule has 0 saturated carbocycles. The summed E-state index contributed by atoms with van der Waals surface area (Å²) in [5.41, 5.74) is 1.47. The van der Waals surface area contributed by atoms with Gasteiger partial charge < -0.3 is 5.32 Å². The first-order valence-electron chi connectivity index (χ1n) is 5.93. The molecule has 2 rings (SSSR count). The molecule has 3 unspecified atom stereocenters. The average Bonchev–Trinajstić information content (AvgIpc) is 2.72. The van der Waals surface area contributed by atoms with E-state index in [0.29, 0.717) is 5.92 Å². The maximum Gasteiger partial charge on any atom is 0.0441 e. The van der Waals surface area contributed by atoms with Crippen LogP contribution in [-0.4, -0.2) is 34.6 Å². The highest BCUT2D eigenvalue weighted by atomic mass is 32.2. The highest BCUT2D eigenvalue weighted by Gasteiger charge is 2.22. The normalized spacial score (nSPS) is 22.1. The molecule has 0 fully saturated rings. The minimum Gasteiger partial charge on any atom is -0.315 e. The van der Waals surface area contributed by atoms with E-state index in [1.807, 2.05) is 18.7 Å². The van der Waals surface area contributed by atoms with Crippen molar-refractivity contribution in [2.45, 2.75) is 23.0 Å². The van der Waals surface area contributed by atoms with Gasteiger partial charge in [0.25, 0.3) is 0 Å². The predicted molar refractivity (Wildman–Crippen MR) is 76.3 cm³/mol. The van der Waals surface area contributed by atoms with Gasteiger partial charge >= 0.3 is 0 Å². The fourth-order valence-corrected chi connectivity index (χ4v) is 3.58. The van der Waals surface area contributed by atoms with Crippen LogP contribution in [0.5, 0.6) is 0 Å². The van der Waals surface area contributed by atoms with E-state index in [0.717, 1.165) is 18.8 Å². The molecule has 1 N–H and O–H groups in total. The lowest BCUT2D eigenvalue weighted by Gasteiger charge is -2.14. The summed E-state index contributed by atoms with van der Waals surface area (Å²) < 4.78 is 11.2. The molecule has 0 aromatic heterocycles. The van der Waals surface area contributed by atoms with Crippen molar-refractivity contribution in [3.63, 3.8) is 0 Å². The van der Waals surface area contributed by atoms with Crippen LogP contribution in [0, 0.1) is 0 Å². The molecular weight excluding hydrogens is 250 g/mol. The first-order chi connectivity index (χ1) is 8.18. The van der Waals surface area contributed by atoms with Gasteiger partial charge in [-0.3, -0.25) is 4.21 Å². The van der Waals surface area contributed by atoms with E-state index in [-0.39, 0.29) is 5.25 Å². The van der Waals surface area contributed by atoms with Gasteiger partial charge in [-0.25, -0.2) is 0 Å². The summed E-state index contributed by atoms with van der Waals surface area (Å²) in [6.07, 6.45) is 1.77. The summed E-state index contributed by atoms with van der Waals surface area (Å²) in [5, 5.41) is 3.68. The van der Waals surface area contributed by atoms with Crippen molar-refractivity contribution in [2.24, 2.45) is 0 Å². The van der Waals surface area contributed by atoms with Crippen LogP contribution >= 0.6 is 11.8 Å². The van der Waals surface area contributed by atoms with Crippen LogP contribution in [0.15, 0.2) is 29.2 Å².